The van der Waals surface area contributed by atoms with Gasteiger partial charge in [0.25, 0.3) is 0 Å². The summed E-state index contributed by atoms with van der Waals surface area (Å²) in [5.74, 6) is -0.0404. The van der Waals surface area contributed by atoms with E-state index in [9.17, 15) is 4.79 Å². The molecule has 3 fully saturated rings. The van der Waals surface area contributed by atoms with Crippen molar-refractivity contribution in [2.24, 2.45) is 5.92 Å². The maximum absolute atomic E-state index is 12.8. The number of carbonyl (C=O) groups is 1. The fourth-order valence-electron chi connectivity index (χ4n) is 4.46. The highest BCUT2D eigenvalue weighted by atomic mass is 16.6. The molecule has 5 unspecified atom stereocenters. The first-order valence-corrected chi connectivity index (χ1v) is 9.28. The minimum Gasteiger partial charge on any atom is -0.379 e. The molecule has 1 N–H and O–H groups in total. The number of nitrogens with one attached hydrogen (secondary N) is 1. The second kappa shape index (κ2) is 8.77. The second-order valence-electron chi connectivity index (χ2n) is 7.25. The monoisotopic (exact) mass is 357 g/mol. The van der Waals surface area contributed by atoms with Gasteiger partial charge in [0.05, 0.1) is 37.6 Å². The van der Waals surface area contributed by atoms with Crippen molar-refractivity contribution < 1.29 is 28.5 Å². The van der Waals surface area contributed by atoms with Crippen molar-refractivity contribution in [1.29, 1.82) is 0 Å². The van der Waals surface area contributed by atoms with Crippen LogP contribution in [0.25, 0.3) is 0 Å². The SMILES string of the molecule is COC1CC(C(=O)NC2CCC3OCCOC3C2)CC(OC)C1OC. The molecule has 25 heavy (non-hydrogen) atoms. The van der Waals surface area contributed by atoms with Gasteiger partial charge in [-0.1, -0.05) is 0 Å². The van der Waals surface area contributed by atoms with E-state index in [2.05, 4.69) is 5.32 Å². The summed E-state index contributed by atoms with van der Waals surface area (Å²) in [6, 6.07) is 0.151. The van der Waals surface area contributed by atoms with Gasteiger partial charge < -0.3 is 29.0 Å². The lowest BCUT2D eigenvalue weighted by molar-refractivity contribution is -0.162. The molecule has 5 atom stereocenters. The Morgan fingerprint density at radius 1 is 0.880 bits per heavy atom. The standard InChI is InChI=1S/C18H31NO6/c1-21-15-8-11(9-16(22-2)17(15)23-3)18(20)19-12-4-5-13-14(10-12)25-7-6-24-13/h11-17H,4-10H2,1-3H3,(H,19,20). The van der Waals surface area contributed by atoms with Gasteiger partial charge in [0.15, 0.2) is 0 Å². The highest BCUT2D eigenvalue weighted by Crippen LogP contribution is 2.32. The van der Waals surface area contributed by atoms with Crippen LogP contribution in [-0.4, -0.2) is 77.0 Å². The molecule has 0 bridgehead atoms. The summed E-state index contributed by atoms with van der Waals surface area (Å²) in [6.07, 6.45) is 3.89. The predicted octanol–water partition coefficient (Wildman–Crippen LogP) is 0.894. The van der Waals surface area contributed by atoms with Gasteiger partial charge in [0.1, 0.15) is 6.10 Å². The number of amides is 1. The predicted molar refractivity (Wildman–Crippen MR) is 90.4 cm³/mol. The summed E-state index contributed by atoms with van der Waals surface area (Å²) in [4.78, 5) is 12.8. The van der Waals surface area contributed by atoms with Gasteiger partial charge in [0.2, 0.25) is 5.91 Å². The van der Waals surface area contributed by atoms with Crippen LogP contribution in [0.15, 0.2) is 0 Å². The van der Waals surface area contributed by atoms with Gasteiger partial charge in [-0.2, -0.15) is 0 Å². The van der Waals surface area contributed by atoms with E-state index in [-0.39, 0.29) is 48.4 Å². The number of fused-ring (bicyclic) bond motifs is 1. The molecule has 0 aromatic heterocycles. The molecule has 0 spiro atoms. The molecule has 0 aromatic carbocycles. The molecule has 1 aliphatic heterocycles. The van der Waals surface area contributed by atoms with E-state index in [1.54, 1.807) is 21.3 Å². The van der Waals surface area contributed by atoms with E-state index in [1.165, 1.54) is 0 Å². The molecular formula is C18H31NO6. The van der Waals surface area contributed by atoms with Crippen LogP contribution in [0.3, 0.4) is 0 Å². The molecule has 1 saturated heterocycles. The fraction of sp³-hybridized carbons (Fsp3) is 0.944. The van der Waals surface area contributed by atoms with E-state index in [0.717, 1.165) is 19.3 Å². The minimum atomic E-state index is -0.137. The molecule has 144 valence electrons. The number of ether oxygens (including phenoxy) is 5. The van der Waals surface area contributed by atoms with Crippen LogP contribution in [0, 0.1) is 5.92 Å². The van der Waals surface area contributed by atoms with Crippen molar-refractivity contribution in [3.8, 4) is 0 Å². The van der Waals surface area contributed by atoms with Crippen LogP contribution < -0.4 is 5.32 Å². The van der Waals surface area contributed by atoms with Crippen molar-refractivity contribution in [3.63, 3.8) is 0 Å². The smallest absolute Gasteiger partial charge is 0.223 e. The third-order valence-corrected chi connectivity index (χ3v) is 5.84. The molecule has 2 aliphatic carbocycles. The normalized spacial score (nSPS) is 41.8. The van der Waals surface area contributed by atoms with E-state index in [1.807, 2.05) is 0 Å². The summed E-state index contributed by atoms with van der Waals surface area (Å²) in [7, 11) is 4.98. The van der Waals surface area contributed by atoms with Crippen LogP contribution in [-0.2, 0) is 28.5 Å². The summed E-state index contributed by atoms with van der Waals surface area (Å²) in [5, 5.41) is 3.22. The Bertz CT molecular complexity index is 433. The highest BCUT2D eigenvalue weighted by Gasteiger charge is 2.42. The Morgan fingerprint density at radius 3 is 2.12 bits per heavy atom. The first kappa shape index (κ1) is 19.0. The highest BCUT2D eigenvalue weighted by molar-refractivity contribution is 5.79. The number of methoxy groups -OCH3 is 3. The summed E-state index contributed by atoms with van der Waals surface area (Å²) in [5.41, 5.74) is 0. The Kier molecular flexibility index (Phi) is 6.68. The maximum atomic E-state index is 12.8. The zero-order chi connectivity index (χ0) is 17.8. The number of hydrogen-bond donors (Lipinski definition) is 1. The van der Waals surface area contributed by atoms with Crippen LogP contribution in [0.1, 0.15) is 32.1 Å². The Morgan fingerprint density at radius 2 is 1.52 bits per heavy atom. The van der Waals surface area contributed by atoms with Crippen LogP contribution in [0.2, 0.25) is 0 Å². The topological polar surface area (TPSA) is 75.3 Å². The van der Waals surface area contributed by atoms with Crippen LogP contribution in [0.4, 0.5) is 0 Å². The van der Waals surface area contributed by atoms with Gasteiger partial charge in [-0.25, -0.2) is 0 Å². The van der Waals surface area contributed by atoms with Crippen molar-refractivity contribution in [1.82, 2.24) is 5.32 Å². The zero-order valence-electron chi connectivity index (χ0n) is 15.4. The van der Waals surface area contributed by atoms with Crippen LogP contribution in [0.5, 0.6) is 0 Å². The first-order valence-electron chi connectivity index (χ1n) is 9.28. The lowest BCUT2D eigenvalue weighted by Gasteiger charge is -2.41. The molecule has 0 radical (unpaired) electrons. The van der Waals surface area contributed by atoms with Gasteiger partial charge in [0, 0.05) is 33.3 Å². The van der Waals surface area contributed by atoms with Gasteiger partial charge in [-0.05, 0) is 32.1 Å². The average Bonchev–Trinajstić information content (AvgIpc) is 2.66. The van der Waals surface area contributed by atoms with E-state index in [4.69, 9.17) is 23.7 Å². The molecule has 1 heterocycles. The molecule has 3 rings (SSSR count). The van der Waals surface area contributed by atoms with E-state index in [0.29, 0.717) is 26.1 Å². The van der Waals surface area contributed by atoms with Crippen molar-refractivity contribution in [2.75, 3.05) is 34.5 Å². The third-order valence-electron chi connectivity index (χ3n) is 5.84. The molecular weight excluding hydrogens is 326 g/mol. The number of carbonyl (C=O) groups excluding carboxylic acids is 1. The van der Waals surface area contributed by atoms with E-state index >= 15 is 0 Å². The molecule has 7 nitrogen and oxygen atoms in total. The average molecular weight is 357 g/mol. The maximum Gasteiger partial charge on any atom is 0.223 e. The summed E-state index contributed by atoms with van der Waals surface area (Å²) < 4.78 is 28.2. The number of rotatable bonds is 5. The quantitative estimate of drug-likeness (QED) is 0.788. The van der Waals surface area contributed by atoms with Crippen molar-refractivity contribution in [2.45, 2.75) is 68.7 Å². The Hall–Kier alpha value is -0.730. The number of hydrogen-bond acceptors (Lipinski definition) is 6. The van der Waals surface area contributed by atoms with Gasteiger partial charge >= 0.3 is 0 Å². The molecule has 0 aromatic rings. The summed E-state index contributed by atoms with van der Waals surface area (Å²) >= 11 is 0. The second-order valence-corrected chi connectivity index (χ2v) is 7.25. The lowest BCUT2D eigenvalue weighted by atomic mass is 9.81. The molecule has 7 heteroatoms. The van der Waals surface area contributed by atoms with Crippen molar-refractivity contribution >= 4 is 5.91 Å². The van der Waals surface area contributed by atoms with E-state index < -0.39 is 0 Å². The Labute approximate surface area is 149 Å². The fourth-order valence-corrected chi connectivity index (χ4v) is 4.46. The van der Waals surface area contributed by atoms with Crippen molar-refractivity contribution in [3.05, 3.63) is 0 Å². The molecule has 2 saturated carbocycles. The minimum absolute atomic E-state index is 0.0823. The van der Waals surface area contributed by atoms with Gasteiger partial charge in [-0.15, -0.1) is 0 Å². The largest absolute Gasteiger partial charge is 0.379 e. The Balaban J connectivity index is 1.55. The molecule has 3 aliphatic rings. The van der Waals surface area contributed by atoms with Crippen LogP contribution >= 0.6 is 0 Å². The third kappa shape index (κ3) is 4.34. The summed E-state index contributed by atoms with van der Waals surface area (Å²) in [6.45, 7) is 1.33. The lowest BCUT2D eigenvalue weighted by Crippen LogP contribution is -2.53. The van der Waals surface area contributed by atoms with Gasteiger partial charge in [-0.3, -0.25) is 4.79 Å². The molecule has 1 amide bonds. The zero-order valence-corrected chi connectivity index (χ0v) is 15.4. The first-order chi connectivity index (χ1) is 12.2.